The highest BCUT2D eigenvalue weighted by molar-refractivity contribution is 5.66. The monoisotopic (exact) mass is 261 g/mol. The lowest BCUT2D eigenvalue weighted by atomic mass is 10.1. The van der Waals surface area contributed by atoms with Crippen LogP contribution in [0.2, 0.25) is 0 Å². The predicted molar refractivity (Wildman–Crippen MR) is 68.9 cm³/mol. The fourth-order valence-electron chi connectivity index (χ4n) is 1.66. The third-order valence-electron chi connectivity index (χ3n) is 2.53. The number of aromatic nitrogens is 3. The van der Waals surface area contributed by atoms with Gasteiger partial charge < -0.3 is 9.84 Å². The van der Waals surface area contributed by atoms with E-state index in [4.69, 9.17) is 9.84 Å². The summed E-state index contributed by atoms with van der Waals surface area (Å²) in [5.41, 5.74) is 1.60. The number of aryl methyl sites for hydroxylation is 1. The summed E-state index contributed by atoms with van der Waals surface area (Å²) in [4.78, 5) is 10.5. The first-order valence-corrected chi connectivity index (χ1v) is 6.04. The van der Waals surface area contributed by atoms with Gasteiger partial charge in [-0.25, -0.2) is 0 Å². The van der Waals surface area contributed by atoms with Gasteiger partial charge in [0.05, 0.1) is 25.8 Å². The maximum Gasteiger partial charge on any atom is 0.305 e. The van der Waals surface area contributed by atoms with Crippen LogP contribution in [-0.4, -0.2) is 32.7 Å². The third kappa shape index (κ3) is 3.54. The largest absolute Gasteiger partial charge is 0.494 e. The summed E-state index contributed by atoms with van der Waals surface area (Å²) in [7, 11) is 0. The second-order valence-electron chi connectivity index (χ2n) is 3.97. The van der Waals surface area contributed by atoms with Gasteiger partial charge in [-0.3, -0.25) is 9.48 Å². The molecule has 0 saturated carbocycles. The average Bonchev–Trinajstić information content (AvgIpc) is 2.86. The van der Waals surface area contributed by atoms with Crippen molar-refractivity contribution in [3.63, 3.8) is 0 Å². The second-order valence-corrected chi connectivity index (χ2v) is 3.97. The quantitative estimate of drug-likeness (QED) is 0.858. The number of nitrogens with zero attached hydrogens (tertiary/aromatic N) is 3. The molecule has 100 valence electrons. The van der Waals surface area contributed by atoms with Gasteiger partial charge in [0.25, 0.3) is 0 Å². The van der Waals surface area contributed by atoms with E-state index in [-0.39, 0.29) is 6.42 Å². The Morgan fingerprint density at radius 2 is 2.32 bits per heavy atom. The SMILES string of the molecule is CCOc1cccc(-c2cn(CCC(=O)O)nn2)c1. The molecule has 6 heteroatoms. The molecule has 0 saturated heterocycles. The summed E-state index contributed by atoms with van der Waals surface area (Å²) in [6, 6.07) is 7.56. The molecule has 2 rings (SSSR count). The Morgan fingerprint density at radius 1 is 1.47 bits per heavy atom. The van der Waals surface area contributed by atoms with Gasteiger partial charge in [0.1, 0.15) is 11.4 Å². The van der Waals surface area contributed by atoms with Crippen molar-refractivity contribution >= 4 is 5.97 Å². The number of carbonyl (C=O) groups is 1. The first-order valence-electron chi connectivity index (χ1n) is 6.04. The van der Waals surface area contributed by atoms with Gasteiger partial charge in [-0.2, -0.15) is 0 Å². The molecule has 1 heterocycles. The van der Waals surface area contributed by atoms with Gasteiger partial charge in [-0.1, -0.05) is 17.3 Å². The van der Waals surface area contributed by atoms with Crippen LogP contribution in [-0.2, 0) is 11.3 Å². The zero-order chi connectivity index (χ0) is 13.7. The molecule has 19 heavy (non-hydrogen) atoms. The van der Waals surface area contributed by atoms with Crippen molar-refractivity contribution < 1.29 is 14.6 Å². The number of aliphatic carboxylic acids is 1. The molecule has 0 radical (unpaired) electrons. The van der Waals surface area contributed by atoms with Crippen molar-refractivity contribution in [2.75, 3.05) is 6.61 Å². The first kappa shape index (κ1) is 13.1. The van der Waals surface area contributed by atoms with Crippen LogP contribution in [0.4, 0.5) is 0 Å². The predicted octanol–water partition coefficient (Wildman–Crippen LogP) is 1.82. The Bertz CT molecular complexity index is 566. The van der Waals surface area contributed by atoms with E-state index < -0.39 is 5.97 Å². The first-order chi connectivity index (χ1) is 9.19. The zero-order valence-corrected chi connectivity index (χ0v) is 10.6. The number of hydrogen-bond donors (Lipinski definition) is 1. The topological polar surface area (TPSA) is 77.2 Å². The Morgan fingerprint density at radius 3 is 3.05 bits per heavy atom. The van der Waals surface area contributed by atoms with Crippen LogP contribution in [0.3, 0.4) is 0 Å². The smallest absolute Gasteiger partial charge is 0.305 e. The van der Waals surface area contributed by atoms with Crippen molar-refractivity contribution in [2.24, 2.45) is 0 Å². The molecule has 0 spiro atoms. The van der Waals surface area contributed by atoms with Gasteiger partial charge in [0, 0.05) is 5.56 Å². The van der Waals surface area contributed by atoms with Crippen LogP contribution < -0.4 is 4.74 Å². The van der Waals surface area contributed by atoms with E-state index >= 15 is 0 Å². The highest BCUT2D eigenvalue weighted by atomic mass is 16.5. The van der Waals surface area contributed by atoms with Crippen LogP contribution in [0.15, 0.2) is 30.5 Å². The van der Waals surface area contributed by atoms with Crippen molar-refractivity contribution in [2.45, 2.75) is 19.9 Å². The molecule has 0 amide bonds. The van der Waals surface area contributed by atoms with Gasteiger partial charge in [0.2, 0.25) is 0 Å². The summed E-state index contributed by atoms with van der Waals surface area (Å²) < 4.78 is 6.95. The van der Waals surface area contributed by atoms with Crippen molar-refractivity contribution in [1.82, 2.24) is 15.0 Å². The minimum absolute atomic E-state index is 0.0295. The molecule has 1 N–H and O–H groups in total. The van der Waals surface area contributed by atoms with Crippen LogP contribution in [0.1, 0.15) is 13.3 Å². The van der Waals surface area contributed by atoms with Gasteiger partial charge >= 0.3 is 5.97 Å². The molecule has 0 atom stereocenters. The van der Waals surface area contributed by atoms with Crippen molar-refractivity contribution in [3.8, 4) is 17.0 Å². The minimum Gasteiger partial charge on any atom is -0.494 e. The average molecular weight is 261 g/mol. The lowest BCUT2D eigenvalue weighted by molar-refractivity contribution is -0.137. The molecule has 0 aliphatic carbocycles. The fourth-order valence-corrected chi connectivity index (χ4v) is 1.66. The standard InChI is InChI=1S/C13H15N3O3/c1-2-19-11-5-3-4-10(8-11)12-9-16(15-14-12)7-6-13(17)18/h3-5,8-9H,2,6-7H2,1H3,(H,17,18). The zero-order valence-electron chi connectivity index (χ0n) is 10.6. The molecular weight excluding hydrogens is 246 g/mol. The summed E-state index contributed by atoms with van der Waals surface area (Å²) >= 11 is 0. The minimum atomic E-state index is -0.851. The molecule has 6 nitrogen and oxygen atoms in total. The van der Waals surface area contributed by atoms with Crippen molar-refractivity contribution in [1.29, 1.82) is 0 Å². The number of benzene rings is 1. The Labute approximate surface area is 110 Å². The molecule has 1 aromatic carbocycles. The molecule has 0 aliphatic heterocycles. The molecule has 0 bridgehead atoms. The van der Waals surface area contributed by atoms with E-state index in [1.807, 2.05) is 31.2 Å². The number of hydrogen-bond acceptors (Lipinski definition) is 4. The molecular formula is C13H15N3O3. The summed E-state index contributed by atoms with van der Waals surface area (Å²) in [5, 5.41) is 16.5. The normalized spacial score (nSPS) is 10.4. The molecule has 0 fully saturated rings. The van der Waals surface area contributed by atoms with Crippen LogP contribution in [0.25, 0.3) is 11.3 Å². The highest BCUT2D eigenvalue weighted by Gasteiger charge is 2.06. The Hall–Kier alpha value is -2.37. The summed E-state index contributed by atoms with van der Waals surface area (Å²) in [6.45, 7) is 2.84. The van der Waals surface area contributed by atoms with Gasteiger partial charge in [-0.15, -0.1) is 5.10 Å². The second kappa shape index (κ2) is 5.99. The summed E-state index contributed by atoms with van der Waals surface area (Å²) in [6.07, 6.45) is 1.76. The maximum atomic E-state index is 10.5. The van der Waals surface area contributed by atoms with Crippen LogP contribution >= 0.6 is 0 Å². The van der Waals surface area contributed by atoms with Crippen LogP contribution in [0.5, 0.6) is 5.75 Å². The van der Waals surface area contributed by atoms with Gasteiger partial charge in [0.15, 0.2) is 0 Å². The molecule has 2 aromatic rings. The van der Waals surface area contributed by atoms with E-state index in [0.29, 0.717) is 18.8 Å². The van der Waals surface area contributed by atoms with Crippen LogP contribution in [0, 0.1) is 0 Å². The third-order valence-corrected chi connectivity index (χ3v) is 2.53. The Kier molecular flexibility index (Phi) is 4.12. The summed E-state index contributed by atoms with van der Waals surface area (Å²) in [5.74, 6) is -0.0736. The maximum absolute atomic E-state index is 10.5. The number of carboxylic acids is 1. The highest BCUT2D eigenvalue weighted by Crippen LogP contribution is 2.21. The van der Waals surface area contributed by atoms with Crippen molar-refractivity contribution in [3.05, 3.63) is 30.5 Å². The number of rotatable bonds is 6. The lowest BCUT2D eigenvalue weighted by Crippen LogP contribution is -2.04. The van der Waals surface area contributed by atoms with E-state index in [1.54, 1.807) is 6.20 Å². The molecule has 0 aliphatic rings. The molecule has 0 unspecified atom stereocenters. The van der Waals surface area contributed by atoms with E-state index in [9.17, 15) is 4.79 Å². The number of ether oxygens (including phenoxy) is 1. The van der Waals surface area contributed by atoms with E-state index in [0.717, 1.165) is 11.3 Å². The Balaban J connectivity index is 2.13. The van der Waals surface area contributed by atoms with E-state index in [2.05, 4.69) is 10.3 Å². The molecule has 1 aromatic heterocycles. The van der Waals surface area contributed by atoms with Gasteiger partial charge in [-0.05, 0) is 19.1 Å². The fraction of sp³-hybridized carbons (Fsp3) is 0.308. The number of carboxylic acid groups (broad SMARTS) is 1. The lowest BCUT2D eigenvalue weighted by Gasteiger charge is -2.03. The van der Waals surface area contributed by atoms with E-state index in [1.165, 1.54) is 4.68 Å².